The van der Waals surface area contributed by atoms with Crippen LogP contribution < -0.4 is 4.90 Å². The van der Waals surface area contributed by atoms with Gasteiger partial charge in [0.1, 0.15) is 22.3 Å². The molecule has 12 rings (SSSR count). The second kappa shape index (κ2) is 14.3. The topological polar surface area (TPSA) is 29.5 Å². The fraction of sp³-hybridized carbons (Fsp3) is 0. The molecule has 3 nitrogen and oxygen atoms in total. The zero-order chi connectivity index (χ0) is 40.3. The van der Waals surface area contributed by atoms with Crippen LogP contribution in [0.15, 0.2) is 233 Å². The molecule has 2 heterocycles. The van der Waals surface area contributed by atoms with Gasteiger partial charge in [-0.25, -0.2) is 0 Å². The summed E-state index contributed by atoms with van der Waals surface area (Å²) in [5.74, 6) is 0. The van der Waals surface area contributed by atoms with Crippen molar-refractivity contribution in [3.05, 3.63) is 224 Å². The van der Waals surface area contributed by atoms with Crippen LogP contribution in [0.2, 0.25) is 0 Å². The number of benzene rings is 10. The van der Waals surface area contributed by atoms with E-state index in [1.54, 1.807) is 0 Å². The molecular formula is C58H37NO2. The van der Waals surface area contributed by atoms with Crippen LogP contribution in [0.4, 0.5) is 17.1 Å². The molecule has 0 bridgehead atoms. The highest BCUT2D eigenvalue weighted by atomic mass is 16.3. The van der Waals surface area contributed by atoms with Crippen molar-refractivity contribution in [2.24, 2.45) is 0 Å². The van der Waals surface area contributed by atoms with E-state index >= 15 is 0 Å². The predicted molar refractivity (Wildman–Crippen MR) is 255 cm³/mol. The summed E-state index contributed by atoms with van der Waals surface area (Å²) in [5.41, 5.74) is 15.8. The summed E-state index contributed by atoms with van der Waals surface area (Å²) < 4.78 is 13.5. The molecule has 61 heavy (non-hydrogen) atoms. The molecule has 0 unspecified atom stereocenters. The molecule has 0 saturated carbocycles. The molecule has 0 amide bonds. The molecule has 0 atom stereocenters. The Morgan fingerprint density at radius 3 is 1.52 bits per heavy atom. The Hall–Kier alpha value is -8.14. The smallest absolute Gasteiger partial charge is 0.144 e. The van der Waals surface area contributed by atoms with E-state index in [4.69, 9.17) is 8.83 Å². The fourth-order valence-corrected chi connectivity index (χ4v) is 9.17. The van der Waals surface area contributed by atoms with Gasteiger partial charge < -0.3 is 13.7 Å². The third kappa shape index (κ3) is 5.90. The van der Waals surface area contributed by atoms with E-state index in [1.807, 2.05) is 6.07 Å². The third-order valence-electron chi connectivity index (χ3n) is 12.1. The van der Waals surface area contributed by atoms with Crippen molar-refractivity contribution in [2.45, 2.75) is 0 Å². The van der Waals surface area contributed by atoms with Gasteiger partial charge in [-0.3, -0.25) is 0 Å². The van der Waals surface area contributed by atoms with Crippen LogP contribution in [-0.2, 0) is 0 Å². The van der Waals surface area contributed by atoms with Crippen molar-refractivity contribution in [2.75, 3.05) is 4.90 Å². The highest BCUT2D eigenvalue weighted by Gasteiger charge is 2.23. The molecule has 2 aromatic heterocycles. The maximum absolute atomic E-state index is 6.78. The fourth-order valence-electron chi connectivity index (χ4n) is 9.17. The Bertz CT molecular complexity index is 3550. The number of anilines is 3. The number of nitrogens with zero attached hydrogens (tertiary/aromatic N) is 1. The van der Waals surface area contributed by atoms with Crippen LogP contribution in [0, 0.1) is 0 Å². The minimum absolute atomic E-state index is 0.845. The first-order valence-electron chi connectivity index (χ1n) is 20.7. The molecular weight excluding hydrogens is 743 g/mol. The Morgan fingerprint density at radius 2 is 0.820 bits per heavy atom. The van der Waals surface area contributed by atoms with E-state index in [0.29, 0.717) is 0 Å². The van der Waals surface area contributed by atoms with E-state index in [9.17, 15) is 0 Å². The second-order valence-electron chi connectivity index (χ2n) is 15.6. The van der Waals surface area contributed by atoms with Crippen molar-refractivity contribution in [3.63, 3.8) is 0 Å². The largest absolute Gasteiger partial charge is 0.456 e. The minimum Gasteiger partial charge on any atom is -0.456 e. The van der Waals surface area contributed by atoms with Crippen LogP contribution in [0.25, 0.3) is 99.2 Å². The Morgan fingerprint density at radius 1 is 0.295 bits per heavy atom. The van der Waals surface area contributed by atoms with Crippen molar-refractivity contribution in [1.29, 1.82) is 0 Å². The molecule has 0 aliphatic heterocycles. The van der Waals surface area contributed by atoms with Gasteiger partial charge in [0.25, 0.3) is 0 Å². The zero-order valence-electron chi connectivity index (χ0n) is 33.1. The second-order valence-corrected chi connectivity index (χ2v) is 15.6. The lowest BCUT2D eigenvalue weighted by Crippen LogP contribution is -2.11. The summed E-state index contributed by atoms with van der Waals surface area (Å²) in [6.45, 7) is 0. The average Bonchev–Trinajstić information content (AvgIpc) is 3.92. The number of hydrogen-bond acceptors (Lipinski definition) is 3. The van der Waals surface area contributed by atoms with Gasteiger partial charge in [0.05, 0.1) is 5.69 Å². The van der Waals surface area contributed by atoms with E-state index in [-0.39, 0.29) is 0 Å². The molecule has 12 aromatic rings. The maximum Gasteiger partial charge on any atom is 0.144 e. The summed E-state index contributed by atoms with van der Waals surface area (Å²) in [5, 5.41) is 6.73. The molecule has 3 heteroatoms. The lowest BCUT2D eigenvalue weighted by molar-refractivity contribution is 0.664. The van der Waals surface area contributed by atoms with Gasteiger partial charge in [0.15, 0.2) is 0 Å². The summed E-state index contributed by atoms with van der Waals surface area (Å²) in [4.78, 5) is 2.36. The summed E-state index contributed by atoms with van der Waals surface area (Å²) in [6, 6.07) is 79.7. The van der Waals surface area contributed by atoms with Crippen molar-refractivity contribution in [3.8, 4) is 44.5 Å². The van der Waals surface area contributed by atoms with Crippen LogP contribution in [0.5, 0.6) is 0 Å². The highest BCUT2D eigenvalue weighted by molar-refractivity contribution is 6.32. The Kier molecular flexibility index (Phi) is 8.17. The number of furan rings is 2. The lowest BCUT2D eigenvalue weighted by atomic mass is 9.96. The number of hydrogen-bond donors (Lipinski definition) is 0. The van der Waals surface area contributed by atoms with Gasteiger partial charge >= 0.3 is 0 Å². The molecule has 10 aromatic carbocycles. The monoisotopic (exact) mass is 779 g/mol. The highest BCUT2D eigenvalue weighted by Crippen LogP contribution is 2.47. The van der Waals surface area contributed by atoms with Gasteiger partial charge in [-0.15, -0.1) is 0 Å². The number of para-hydroxylation sites is 2. The normalized spacial score (nSPS) is 11.6. The van der Waals surface area contributed by atoms with Gasteiger partial charge in [-0.05, 0) is 92.7 Å². The van der Waals surface area contributed by atoms with Crippen molar-refractivity contribution < 1.29 is 8.83 Å². The molecule has 286 valence electrons. The van der Waals surface area contributed by atoms with Gasteiger partial charge in [-0.2, -0.15) is 0 Å². The van der Waals surface area contributed by atoms with Crippen LogP contribution in [0.3, 0.4) is 0 Å². The third-order valence-corrected chi connectivity index (χ3v) is 12.1. The van der Waals surface area contributed by atoms with Gasteiger partial charge in [0.2, 0.25) is 0 Å². The van der Waals surface area contributed by atoms with Crippen LogP contribution in [-0.4, -0.2) is 0 Å². The quantitative estimate of drug-likeness (QED) is 0.161. The first-order chi connectivity index (χ1) is 30.2. The molecule has 0 aliphatic carbocycles. The van der Waals surface area contributed by atoms with E-state index in [0.717, 1.165) is 83.2 Å². The zero-order valence-corrected chi connectivity index (χ0v) is 33.1. The summed E-state index contributed by atoms with van der Waals surface area (Å²) in [6.07, 6.45) is 0. The lowest BCUT2D eigenvalue weighted by Gasteiger charge is -2.28. The Labute approximate surface area is 353 Å². The molecule has 0 aliphatic rings. The standard InChI is InChI=1S/C58H37NO2/c1-3-13-38(14-4-1)39-23-25-40(26-24-39)41-27-32-45(33-28-41)59(51-21-11-9-18-47(51)42-15-5-2-6-16-42)46-34-29-44(30-35-46)50-37-54-57(56-49-20-10-12-22-52(49)61-58(50)56)55-48-19-8-7-17-43(48)31-36-53(55)60-54/h1-37H. The SMILES string of the molecule is c1ccc(-c2ccc(-c3ccc(N(c4ccc(-c5cc6oc7ccc8ccccc8c7c6c6c5oc5ccccc56)cc4)c4ccccc4-c4ccccc4)cc3)cc2)cc1. The van der Waals surface area contributed by atoms with Crippen LogP contribution in [0.1, 0.15) is 0 Å². The van der Waals surface area contributed by atoms with Crippen molar-refractivity contribution >= 4 is 71.7 Å². The predicted octanol–water partition coefficient (Wildman–Crippen LogP) is 16.8. The minimum atomic E-state index is 0.845. The van der Waals surface area contributed by atoms with E-state index in [2.05, 4.69) is 223 Å². The average molecular weight is 780 g/mol. The van der Waals surface area contributed by atoms with Crippen molar-refractivity contribution in [1.82, 2.24) is 0 Å². The van der Waals surface area contributed by atoms with Gasteiger partial charge in [-0.1, -0.05) is 176 Å². The van der Waals surface area contributed by atoms with Crippen LogP contribution >= 0.6 is 0 Å². The number of rotatable bonds is 7. The molecule has 0 spiro atoms. The van der Waals surface area contributed by atoms with E-state index < -0.39 is 0 Å². The van der Waals surface area contributed by atoms with E-state index in [1.165, 1.54) is 33.0 Å². The molecule has 0 N–H and O–H groups in total. The van der Waals surface area contributed by atoms with Gasteiger partial charge in [0, 0.05) is 44.0 Å². The molecule has 0 saturated heterocycles. The maximum atomic E-state index is 6.78. The molecule has 0 fully saturated rings. The first-order valence-corrected chi connectivity index (χ1v) is 20.7. The first kappa shape index (κ1) is 34.9. The Balaban J connectivity index is 0.991. The summed E-state index contributed by atoms with van der Waals surface area (Å²) >= 11 is 0. The summed E-state index contributed by atoms with van der Waals surface area (Å²) in [7, 11) is 0. The number of fused-ring (bicyclic) bond motifs is 9. The molecule has 0 radical (unpaired) electrons.